The molecule has 160 valence electrons. The first-order chi connectivity index (χ1) is 14.2. The third kappa shape index (κ3) is 4.98. The van der Waals surface area contributed by atoms with Crippen LogP contribution in [0.3, 0.4) is 0 Å². The summed E-state index contributed by atoms with van der Waals surface area (Å²) in [5.41, 5.74) is 1.54. The van der Waals surface area contributed by atoms with Crippen LogP contribution in [0, 0.1) is 5.41 Å². The highest BCUT2D eigenvalue weighted by atomic mass is 35.5. The van der Waals surface area contributed by atoms with Crippen LogP contribution in [-0.4, -0.2) is 88.4 Å². The normalized spacial score (nSPS) is 25.9. The Morgan fingerprint density at radius 2 is 2.00 bits per heavy atom. The van der Waals surface area contributed by atoms with E-state index in [-0.39, 0.29) is 0 Å². The first-order valence-corrected chi connectivity index (χ1v) is 11.3. The zero-order valence-electron chi connectivity index (χ0n) is 17.6. The monoisotopic (exact) mass is 419 g/mol. The molecule has 4 rings (SSSR count). The summed E-state index contributed by atoms with van der Waals surface area (Å²) >= 11 is 6.35. The molecule has 6 nitrogen and oxygen atoms in total. The summed E-state index contributed by atoms with van der Waals surface area (Å²) in [5, 5.41) is 4.43. The second-order valence-corrected chi connectivity index (χ2v) is 8.99. The van der Waals surface area contributed by atoms with Crippen molar-refractivity contribution < 1.29 is 4.74 Å². The first-order valence-electron chi connectivity index (χ1n) is 10.9. The Kier molecular flexibility index (Phi) is 6.83. The van der Waals surface area contributed by atoms with Crippen molar-refractivity contribution in [3.8, 4) is 0 Å². The minimum Gasteiger partial charge on any atom is -0.381 e. The summed E-state index contributed by atoms with van der Waals surface area (Å²) in [7, 11) is 1.90. The molecule has 0 radical (unpaired) electrons. The van der Waals surface area contributed by atoms with E-state index in [0.717, 1.165) is 88.7 Å². The van der Waals surface area contributed by atoms with Crippen molar-refractivity contribution in [3.63, 3.8) is 0 Å². The number of halogens is 1. The van der Waals surface area contributed by atoms with Gasteiger partial charge in [-0.15, -0.1) is 0 Å². The number of hydrogen-bond acceptors (Lipinski definition) is 4. The summed E-state index contributed by atoms with van der Waals surface area (Å²) in [5.74, 6) is 1.05. The van der Waals surface area contributed by atoms with E-state index in [1.165, 1.54) is 12.8 Å². The van der Waals surface area contributed by atoms with Gasteiger partial charge in [-0.3, -0.25) is 9.89 Å². The minimum atomic E-state index is 0.374. The fourth-order valence-electron chi connectivity index (χ4n) is 4.84. The van der Waals surface area contributed by atoms with E-state index in [1.807, 2.05) is 19.2 Å². The number of nitrogens with one attached hydrogen (secondary N) is 1. The van der Waals surface area contributed by atoms with E-state index < -0.39 is 0 Å². The lowest BCUT2D eigenvalue weighted by molar-refractivity contribution is 0.156. The van der Waals surface area contributed by atoms with E-state index in [1.54, 1.807) is 0 Å². The number of rotatable bonds is 5. The maximum Gasteiger partial charge on any atom is 0.193 e. The van der Waals surface area contributed by atoms with Gasteiger partial charge in [-0.25, -0.2) is 0 Å². The number of aliphatic imine (C=N–C) groups is 1. The molecule has 0 saturated carbocycles. The highest BCUT2D eigenvalue weighted by molar-refractivity contribution is 6.33. The van der Waals surface area contributed by atoms with Crippen LogP contribution in [0.25, 0.3) is 0 Å². The van der Waals surface area contributed by atoms with Crippen molar-refractivity contribution in [2.75, 3.05) is 77.5 Å². The van der Waals surface area contributed by atoms with Gasteiger partial charge in [0.25, 0.3) is 0 Å². The summed E-state index contributed by atoms with van der Waals surface area (Å²) in [6.07, 6.45) is 3.55. The van der Waals surface area contributed by atoms with Gasteiger partial charge in [0.2, 0.25) is 0 Å². The van der Waals surface area contributed by atoms with Crippen LogP contribution in [-0.2, 0) is 4.74 Å². The van der Waals surface area contributed by atoms with Gasteiger partial charge in [-0.05, 0) is 37.9 Å². The Morgan fingerprint density at radius 3 is 2.72 bits per heavy atom. The third-order valence-electron chi connectivity index (χ3n) is 6.63. The molecule has 1 aromatic carbocycles. The van der Waals surface area contributed by atoms with Crippen LogP contribution in [0.1, 0.15) is 19.3 Å². The second-order valence-electron chi connectivity index (χ2n) is 8.58. The predicted molar refractivity (Wildman–Crippen MR) is 120 cm³/mol. The third-order valence-corrected chi connectivity index (χ3v) is 6.95. The van der Waals surface area contributed by atoms with Crippen molar-refractivity contribution in [1.82, 2.24) is 15.1 Å². The van der Waals surface area contributed by atoms with Crippen molar-refractivity contribution >= 4 is 23.2 Å². The zero-order valence-corrected chi connectivity index (χ0v) is 18.3. The molecule has 3 aliphatic rings. The average molecular weight is 420 g/mol. The molecule has 1 unspecified atom stereocenters. The van der Waals surface area contributed by atoms with Gasteiger partial charge in [-0.2, -0.15) is 0 Å². The maximum absolute atomic E-state index is 6.35. The lowest BCUT2D eigenvalue weighted by Crippen LogP contribution is -2.47. The number of likely N-dealkylation sites (tertiary alicyclic amines) is 1. The number of nitrogens with zero attached hydrogens (tertiary/aromatic N) is 4. The molecule has 0 amide bonds. The SMILES string of the molecule is CN=C(NCCCN1CCN(c2ccccc2Cl)CC1)N1CCC2(CCOC2)C1. The minimum absolute atomic E-state index is 0.374. The van der Waals surface area contributed by atoms with Crippen LogP contribution in [0.4, 0.5) is 5.69 Å². The van der Waals surface area contributed by atoms with Gasteiger partial charge in [0.1, 0.15) is 0 Å². The Balaban J connectivity index is 1.15. The van der Waals surface area contributed by atoms with Gasteiger partial charge >= 0.3 is 0 Å². The average Bonchev–Trinajstić information content (AvgIpc) is 3.39. The first kappa shape index (κ1) is 20.8. The fraction of sp³-hybridized carbons (Fsp3) is 0.682. The van der Waals surface area contributed by atoms with Gasteiger partial charge in [0, 0.05) is 64.9 Å². The number of guanidine groups is 1. The van der Waals surface area contributed by atoms with E-state index >= 15 is 0 Å². The molecular weight excluding hydrogens is 386 g/mol. The Bertz CT molecular complexity index is 698. The zero-order chi connectivity index (χ0) is 20.1. The van der Waals surface area contributed by atoms with Crippen molar-refractivity contribution in [2.24, 2.45) is 10.4 Å². The van der Waals surface area contributed by atoms with Crippen LogP contribution in [0.5, 0.6) is 0 Å². The smallest absolute Gasteiger partial charge is 0.193 e. The Labute approximate surface area is 179 Å². The van der Waals surface area contributed by atoms with E-state index in [4.69, 9.17) is 16.3 Å². The van der Waals surface area contributed by atoms with Crippen molar-refractivity contribution in [2.45, 2.75) is 19.3 Å². The van der Waals surface area contributed by atoms with Crippen molar-refractivity contribution in [3.05, 3.63) is 29.3 Å². The molecule has 1 aromatic rings. The summed E-state index contributed by atoms with van der Waals surface area (Å²) in [6, 6.07) is 8.15. The van der Waals surface area contributed by atoms with E-state index in [2.05, 4.69) is 37.1 Å². The standard InChI is InChI=1S/C22H34ClN5O/c1-24-21(28-11-7-22(17-28)8-16-29-18-22)25-9-4-10-26-12-14-27(15-13-26)20-6-3-2-5-19(20)23/h2-3,5-6H,4,7-18H2,1H3,(H,24,25). The molecule has 0 bridgehead atoms. The molecule has 7 heteroatoms. The molecule has 3 aliphatic heterocycles. The second kappa shape index (κ2) is 9.54. The van der Waals surface area contributed by atoms with Crippen LogP contribution >= 0.6 is 11.6 Å². The largest absolute Gasteiger partial charge is 0.381 e. The number of ether oxygens (including phenoxy) is 1. The molecule has 3 fully saturated rings. The molecule has 1 N–H and O–H groups in total. The van der Waals surface area contributed by atoms with Gasteiger partial charge in [0.15, 0.2) is 5.96 Å². The van der Waals surface area contributed by atoms with Crippen molar-refractivity contribution in [1.29, 1.82) is 0 Å². The number of anilines is 1. The summed E-state index contributed by atoms with van der Waals surface area (Å²) < 4.78 is 5.65. The number of benzene rings is 1. The Hall–Kier alpha value is -1.50. The number of para-hydroxylation sites is 1. The quantitative estimate of drug-likeness (QED) is 0.451. The molecule has 0 aliphatic carbocycles. The Morgan fingerprint density at radius 1 is 1.17 bits per heavy atom. The highest BCUT2D eigenvalue weighted by Gasteiger charge is 2.42. The molecule has 1 atom stereocenters. The van der Waals surface area contributed by atoms with Crippen LogP contribution in [0.15, 0.2) is 29.3 Å². The molecule has 3 heterocycles. The lowest BCUT2D eigenvalue weighted by Gasteiger charge is -2.36. The fourth-order valence-corrected chi connectivity index (χ4v) is 5.10. The molecule has 1 spiro atoms. The number of piperazine rings is 1. The lowest BCUT2D eigenvalue weighted by atomic mass is 9.87. The highest BCUT2D eigenvalue weighted by Crippen LogP contribution is 2.38. The predicted octanol–water partition coefficient (Wildman–Crippen LogP) is 2.54. The summed E-state index contributed by atoms with van der Waals surface area (Å²) in [4.78, 5) is 11.9. The van der Waals surface area contributed by atoms with Gasteiger partial charge in [0.05, 0.1) is 17.3 Å². The van der Waals surface area contributed by atoms with Crippen LogP contribution in [0.2, 0.25) is 5.02 Å². The number of hydrogen-bond donors (Lipinski definition) is 1. The molecule has 0 aromatic heterocycles. The van der Waals surface area contributed by atoms with Gasteiger partial charge < -0.3 is 19.9 Å². The van der Waals surface area contributed by atoms with E-state index in [9.17, 15) is 0 Å². The van der Waals surface area contributed by atoms with Gasteiger partial charge in [-0.1, -0.05) is 23.7 Å². The maximum atomic E-state index is 6.35. The molecular formula is C22H34ClN5O. The van der Waals surface area contributed by atoms with Crippen LogP contribution < -0.4 is 10.2 Å². The molecule has 3 saturated heterocycles. The van der Waals surface area contributed by atoms with E-state index in [0.29, 0.717) is 5.41 Å². The molecule has 29 heavy (non-hydrogen) atoms. The summed E-state index contributed by atoms with van der Waals surface area (Å²) in [6.45, 7) is 10.4. The topological polar surface area (TPSA) is 43.3 Å².